The molecule has 2 aromatic heterocycles. The molecule has 0 bridgehead atoms. The largest absolute Gasteiger partial charge is 0.494 e. The van der Waals surface area contributed by atoms with E-state index in [0.29, 0.717) is 38.4 Å². The number of rotatable bonds is 9. The number of aryl methyl sites for hydroxylation is 3. The number of carbonyl (C=O) groups excluding carboxylic acids is 1. The van der Waals surface area contributed by atoms with E-state index < -0.39 is 0 Å². The molecule has 188 valence electrons. The van der Waals surface area contributed by atoms with Gasteiger partial charge in [0, 0.05) is 15.6 Å². The summed E-state index contributed by atoms with van der Waals surface area (Å²) >= 11 is 8.88. The van der Waals surface area contributed by atoms with Crippen LogP contribution >= 0.6 is 34.7 Å². The Bertz CT molecular complexity index is 1460. The van der Waals surface area contributed by atoms with Gasteiger partial charge in [-0.25, -0.2) is 4.98 Å². The Morgan fingerprint density at radius 1 is 1.17 bits per heavy atom. The molecule has 0 saturated heterocycles. The smallest absolute Gasteiger partial charge is 0.267 e. The van der Waals surface area contributed by atoms with Gasteiger partial charge in [-0.3, -0.25) is 14.2 Å². The highest BCUT2D eigenvalue weighted by molar-refractivity contribution is 7.99. The van der Waals surface area contributed by atoms with E-state index in [9.17, 15) is 9.59 Å². The van der Waals surface area contributed by atoms with E-state index in [1.165, 1.54) is 16.6 Å². The number of ether oxygens (including phenoxy) is 1. The highest BCUT2D eigenvalue weighted by atomic mass is 35.5. The standard InChI is InChI=1S/C27H28ClN3O3S2/c1-5-7-22-17(4)24-25(36-22)30-27(31(26(24)33)19-10-12-20(13-11-19)34-6-2)35-15-23(32)29-21-14-18(28)9-8-16(21)3/h8-14H,5-7,15H2,1-4H3,(H,29,32). The van der Waals surface area contributed by atoms with Crippen LogP contribution < -0.4 is 15.6 Å². The number of hydrogen-bond donors (Lipinski definition) is 1. The highest BCUT2D eigenvalue weighted by Gasteiger charge is 2.20. The van der Waals surface area contributed by atoms with Crippen molar-refractivity contribution in [3.63, 3.8) is 0 Å². The summed E-state index contributed by atoms with van der Waals surface area (Å²) in [7, 11) is 0. The van der Waals surface area contributed by atoms with Gasteiger partial charge in [0.1, 0.15) is 10.6 Å². The normalized spacial score (nSPS) is 11.1. The van der Waals surface area contributed by atoms with Crippen molar-refractivity contribution >= 4 is 56.5 Å². The maximum absolute atomic E-state index is 13.8. The van der Waals surface area contributed by atoms with Crippen LogP contribution in [0.15, 0.2) is 52.4 Å². The molecule has 0 unspecified atom stereocenters. The number of nitrogens with zero attached hydrogens (tertiary/aromatic N) is 2. The zero-order chi connectivity index (χ0) is 25.8. The van der Waals surface area contributed by atoms with Crippen molar-refractivity contribution < 1.29 is 9.53 Å². The average molecular weight is 542 g/mol. The third kappa shape index (κ3) is 5.61. The topological polar surface area (TPSA) is 73.2 Å². The number of aromatic nitrogens is 2. The van der Waals surface area contributed by atoms with E-state index in [0.717, 1.165) is 29.7 Å². The van der Waals surface area contributed by atoms with Crippen molar-refractivity contribution in [1.82, 2.24) is 9.55 Å². The molecule has 9 heteroatoms. The number of hydrogen-bond acceptors (Lipinski definition) is 6. The molecule has 6 nitrogen and oxygen atoms in total. The van der Waals surface area contributed by atoms with E-state index in [1.54, 1.807) is 28.0 Å². The highest BCUT2D eigenvalue weighted by Crippen LogP contribution is 2.31. The summed E-state index contributed by atoms with van der Waals surface area (Å²) < 4.78 is 7.15. The van der Waals surface area contributed by atoms with Crippen LogP contribution in [0.1, 0.15) is 36.3 Å². The Morgan fingerprint density at radius 3 is 2.61 bits per heavy atom. The zero-order valence-corrected chi connectivity index (χ0v) is 23.1. The molecule has 0 fully saturated rings. The second-order valence-corrected chi connectivity index (χ2v) is 10.8. The molecule has 36 heavy (non-hydrogen) atoms. The number of halogens is 1. The molecular weight excluding hydrogens is 514 g/mol. The van der Waals surface area contributed by atoms with E-state index >= 15 is 0 Å². The van der Waals surface area contributed by atoms with Crippen LogP contribution in [0.3, 0.4) is 0 Å². The summed E-state index contributed by atoms with van der Waals surface area (Å²) in [5.74, 6) is 0.616. The van der Waals surface area contributed by atoms with Crippen molar-refractivity contribution in [1.29, 1.82) is 0 Å². The van der Waals surface area contributed by atoms with Crippen molar-refractivity contribution in [2.75, 3.05) is 17.7 Å². The third-order valence-electron chi connectivity index (χ3n) is 5.72. The Balaban J connectivity index is 1.71. The van der Waals surface area contributed by atoms with Gasteiger partial charge < -0.3 is 10.1 Å². The predicted molar refractivity (Wildman–Crippen MR) is 151 cm³/mol. The molecule has 0 atom stereocenters. The quantitative estimate of drug-likeness (QED) is 0.186. The maximum Gasteiger partial charge on any atom is 0.267 e. The van der Waals surface area contributed by atoms with Crippen molar-refractivity contribution in [2.24, 2.45) is 0 Å². The first-order valence-electron chi connectivity index (χ1n) is 11.8. The molecule has 4 rings (SSSR count). The van der Waals surface area contributed by atoms with Crippen LogP contribution in [-0.2, 0) is 11.2 Å². The van der Waals surface area contributed by atoms with Gasteiger partial charge in [0.25, 0.3) is 5.56 Å². The molecule has 1 amide bonds. The second kappa shape index (κ2) is 11.5. The van der Waals surface area contributed by atoms with Gasteiger partial charge in [-0.1, -0.05) is 42.8 Å². The fraction of sp³-hybridized carbons (Fsp3) is 0.296. The first-order chi connectivity index (χ1) is 17.3. The number of nitrogens with one attached hydrogen (secondary N) is 1. The Labute approximate surface area is 223 Å². The van der Waals surface area contributed by atoms with Crippen molar-refractivity contribution in [3.05, 3.63) is 73.8 Å². The Kier molecular flexibility index (Phi) is 8.39. The molecule has 4 aromatic rings. The lowest BCUT2D eigenvalue weighted by atomic mass is 10.1. The first-order valence-corrected chi connectivity index (χ1v) is 14.0. The van der Waals surface area contributed by atoms with E-state index in [-0.39, 0.29) is 17.2 Å². The van der Waals surface area contributed by atoms with E-state index in [4.69, 9.17) is 21.3 Å². The number of anilines is 1. The minimum absolute atomic E-state index is 0.0904. The molecule has 0 aliphatic carbocycles. The summed E-state index contributed by atoms with van der Waals surface area (Å²) in [5.41, 5.74) is 3.11. The lowest BCUT2D eigenvalue weighted by Crippen LogP contribution is -2.23. The summed E-state index contributed by atoms with van der Waals surface area (Å²) in [6, 6.07) is 12.7. The number of benzene rings is 2. The van der Waals surface area contributed by atoms with Crippen LogP contribution in [0, 0.1) is 13.8 Å². The fourth-order valence-corrected chi connectivity index (χ4v) is 6.21. The van der Waals surface area contributed by atoms with Crippen molar-refractivity contribution in [2.45, 2.75) is 45.7 Å². The predicted octanol–water partition coefficient (Wildman–Crippen LogP) is 6.80. The molecule has 0 aliphatic heterocycles. The van der Waals surface area contributed by atoms with Gasteiger partial charge in [0.05, 0.1) is 23.4 Å². The number of carbonyl (C=O) groups is 1. The van der Waals surface area contributed by atoms with Gasteiger partial charge in [-0.2, -0.15) is 0 Å². The molecule has 1 N–H and O–H groups in total. The molecule has 0 spiro atoms. The van der Waals surface area contributed by atoms with Crippen LogP contribution in [-0.4, -0.2) is 27.8 Å². The second-order valence-electron chi connectivity index (χ2n) is 8.34. The average Bonchev–Trinajstić information content (AvgIpc) is 3.16. The van der Waals surface area contributed by atoms with Crippen LogP contribution in [0.4, 0.5) is 5.69 Å². The lowest BCUT2D eigenvalue weighted by molar-refractivity contribution is -0.113. The summed E-state index contributed by atoms with van der Waals surface area (Å²) in [5, 5.41) is 4.57. The fourth-order valence-electron chi connectivity index (χ4n) is 3.90. The monoisotopic (exact) mass is 541 g/mol. The minimum Gasteiger partial charge on any atom is -0.494 e. The first kappa shape index (κ1) is 26.3. The van der Waals surface area contributed by atoms with Crippen LogP contribution in [0.5, 0.6) is 5.75 Å². The van der Waals surface area contributed by atoms with Gasteiger partial charge in [0.2, 0.25) is 5.91 Å². The number of thioether (sulfide) groups is 1. The van der Waals surface area contributed by atoms with Gasteiger partial charge in [-0.15, -0.1) is 11.3 Å². The Morgan fingerprint density at radius 2 is 1.92 bits per heavy atom. The van der Waals surface area contributed by atoms with Crippen LogP contribution in [0.2, 0.25) is 5.02 Å². The summed E-state index contributed by atoms with van der Waals surface area (Å²) in [6.45, 7) is 8.50. The Hall–Kier alpha value is -2.81. The molecule has 0 radical (unpaired) electrons. The number of fused-ring (bicyclic) bond motifs is 1. The SMILES string of the molecule is CCCc1sc2nc(SCC(=O)Nc3cc(Cl)ccc3C)n(-c3ccc(OCC)cc3)c(=O)c2c1C. The molecule has 0 aliphatic rings. The van der Waals surface area contributed by atoms with Gasteiger partial charge in [-0.05, 0) is 74.7 Å². The third-order valence-corrected chi connectivity index (χ3v) is 8.14. The number of thiophene rings is 1. The minimum atomic E-state index is -0.202. The molecule has 2 heterocycles. The molecule has 0 saturated carbocycles. The van der Waals surface area contributed by atoms with Crippen molar-refractivity contribution in [3.8, 4) is 11.4 Å². The molecule has 2 aromatic carbocycles. The van der Waals surface area contributed by atoms with Gasteiger partial charge in [0.15, 0.2) is 5.16 Å². The molecular formula is C27H28ClN3O3S2. The van der Waals surface area contributed by atoms with Crippen LogP contribution in [0.25, 0.3) is 15.9 Å². The van der Waals surface area contributed by atoms with E-state index in [1.807, 2.05) is 51.1 Å². The lowest BCUT2D eigenvalue weighted by Gasteiger charge is -2.13. The summed E-state index contributed by atoms with van der Waals surface area (Å²) in [6.07, 6.45) is 1.89. The maximum atomic E-state index is 13.8. The number of amides is 1. The van der Waals surface area contributed by atoms with E-state index in [2.05, 4.69) is 12.2 Å². The van der Waals surface area contributed by atoms with Gasteiger partial charge >= 0.3 is 0 Å². The zero-order valence-electron chi connectivity index (χ0n) is 20.7. The summed E-state index contributed by atoms with van der Waals surface area (Å²) in [4.78, 5) is 33.3.